The molecule has 1 atom stereocenters. The maximum Gasteiger partial charge on any atom is 0.238 e. The smallest absolute Gasteiger partial charge is 0.238 e. The van der Waals surface area contributed by atoms with E-state index in [1.165, 1.54) is 0 Å². The molecule has 1 unspecified atom stereocenters. The molecule has 0 aromatic heterocycles. The van der Waals surface area contributed by atoms with Gasteiger partial charge < -0.3 is 21.1 Å². The summed E-state index contributed by atoms with van der Waals surface area (Å²) in [5.41, 5.74) is 11.4. The number of methoxy groups -OCH3 is 1. The summed E-state index contributed by atoms with van der Waals surface area (Å²) in [6.07, 6.45) is 0. The normalized spacial score (nSPS) is 19.1. The Labute approximate surface area is 125 Å². The van der Waals surface area contributed by atoms with E-state index in [2.05, 4.69) is 15.9 Å². The van der Waals surface area contributed by atoms with Crippen molar-refractivity contribution in [2.45, 2.75) is 12.5 Å². The highest BCUT2D eigenvalue weighted by Crippen LogP contribution is 2.28. The van der Waals surface area contributed by atoms with Gasteiger partial charge in [-0.25, -0.2) is 0 Å². The lowest BCUT2D eigenvalue weighted by atomic mass is 10.0. The van der Waals surface area contributed by atoms with E-state index in [0.717, 1.165) is 37.6 Å². The van der Waals surface area contributed by atoms with Crippen molar-refractivity contribution in [1.29, 1.82) is 0 Å². The Morgan fingerprint density at radius 2 is 1.90 bits per heavy atom. The minimum atomic E-state index is -0.980. The Hall–Kier alpha value is -1.79. The lowest BCUT2D eigenvalue weighted by Crippen LogP contribution is -2.59. The molecule has 1 fully saturated rings. The van der Waals surface area contributed by atoms with Crippen molar-refractivity contribution in [1.82, 2.24) is 4.90 Å². The fraction of sp³-hybridized carbons (Fsp3) is 0.533. The average Bonchev–Trinajstić information content (AvgIpc) is 2.47. The first-order valence-corrected chi connectivity index (χ1v) is 7.13. The summed E-state index contributed by atoms with van der Waals surface area (Å²) in [4.78, 5) is 15.8. The van der Waals surface area contributed by atoms with Crippen LogP contribution in [0.25, 0.3) is 0 Å². The fourth-order valence-corrected chi connectivity index (χ4v) is 2.58. The van der Waals surface area contributed by atoms with Crippen molar-refractivity contribution in [3.63, 3.8) is 0 Å². The molecule has 1 aromatic carbocycles. The Morgan fingerprint density at radius 3 is 2.48 bits per heavy atom. The molecule has 0 bridgehead atoms. The molecule has 1 heterocycles. The molecule has 0 radical (unpaired) electrons. The van der Waals surface area contributed by atoms with Gasteiger partial charge in [0.1, 0.15) is 11.3 Å². The molecule has 21 heavy (non-hydrogen) atoms. The van der Waals surface area contributed by atoms with E-state index in [9.17, 15) is 4.79 Å². The number of ether oxygens (including phenoxy) is 1. The predicted molar refractivity (Wildman–Crippen MR) is 83.4 cm³/mol. The number of rotatable bonds is 5. The highest BCUT2D eigenvalue weighted by Gasteiger charge is 2.30. The molecule has 0 saturated carbocycles. The van der Waals surface area contributed by atoms with Crippen LogP contribution in [0.5, 0.6) is 5.75 Å². The van der Waals surface area contributed by atoms with Gasteiger partial charge >= 0.3 is 0 Å². The zero-order valence-corrected chi connectivity index (χ0v) is 12.7. The quantitative estimate of drug-likeness (QED) is 0.799. The van der Waals surface area contributed by atoms with Crippen LogP contribution in [-0.2, 0) is 4.79 Å². The van der Waals surface area contributed by atoms with E-state index in [0.29, 0.717) is 6.54 Å². The van der Waals surface area contributed by atoms with Gasteiger partial charge in [-0.2, -0.15) is 0 Å². The Balaban J connectivity index is 1.96. The summed E-state index contributed by atoms with van der Waals surface area (Å²) in [5, 5.41) is 0. The predicted octanol–water partition coefficient (Wildman–Crippen LogP) is 0.0199. The molecule has 0 aliphatic carbocycles. The first kappa shape index (κ1) is 15.6. The lowest BCUT2D eigenvalue weighted by Gasteiger charge is -2.39. The second kappa shape index (κ2) is 6.32. The fourth-order valence-electron chi connectivity index (χ4n) is 2.58. The summed E-state index contributed by atoms with van der Waals surface area (Å²) in [7, 11) is 1.68. The molecule has 1 saturated heterocycles. The van der Waals surface area contributed by atoms with Gasteiger partial charge in [-0.3, -0.25) is 9.69 Å². The second-order valence-corrected chi connectivity index (χ2v) is 5.72. The molecule has 1 aliphatic heterocycles. The van der Waals surface area contributed by atoms with Gasteiger partial charge in [0.25, 0.3) is 0 Å². The number of anilines is 1. The number of primary amides is 1. The van der Waals surface area contributed by atoms with Gasteiger partial charge in [0.2, 0.25) is 5.91 Å². The summed E-state index contributed by atoms with van der Waals surface area (Å²) in [6, 6.07) is 8.00. The highest BCUT2D eigenvalue weighted by atomic mass is 16.5. The second-order valence-electron chi connectivity index (χ2n) is 5.72. The standard InChI is InChI=1S/C15H24N4O2/c1-15(17,14(16)20)11-18-7-9-19(10-8-18)12-5-3-4-6-13(12)21-2/h3-6H,7-11,17H2,1-2H3,(H2,16,20). The highest BCUT2D eigenvalue weighted by molar-refractivity contribution is 5.84. The molecule has 4 N–H and O–H groups in total. The maximum absolute atomic E-state index is 11.3. The van der Waals surface area contributed by atoms with E-state index in [1.807, 2.05) is 18.2 Å². The Kier molecular flexibility index (Phi) is 4.69. The first-order valence-electron chi connectivity index (χ1n) is 7.13. The molecule has 1 aliphatic rings. The first-order chi connectivity index (χ1) is 9.94. The summed E-state index contributed by atoms with van der Waals surface area (Å²) in [6.45, 7) is 5.60. The summed E-state index contributed by atoms with van der Waals surface area (Å²) in [5.74, 6) is 0.418. The molecular formula is C15H24N4O2. The number of para-hydroxylation sites is 2. The summed E-state index contributed by atoms with van der Waals surface area (Å²) >= 11 is 0. The Morgan fingerprint density at radius 1 is 1.29 bits per heavy atom. The molecule has 6 nitrogen and oxygen atoms in total. The third-order valence-corrected chi connectivity index (χ3v) is 3.91. The number of benzene rings is 1. The van der Waals surface area contributed by atoms with Crippen LogP contribution in [0, 0.1) is 0 Å². The monoisotopic (exact) mass is 292 g/mol. The lowest BCUT2D eigenvalue weighted by molar-refractivity contribution is -0.123. The number of nitrogens with zero attached hydrogens (tertiary/aromatic N) is 2. The van der Waals surface area contributed by atoms with Crippen LogP contribution in [-0.4, -0.2) is 56.2 Å². The van der Waals surface area contributed by atoms with Crippen LogP contribution in [0.2, 0.25) is 0 Å². The number of hydrogen-bond donors (Lipinski definition) is 2. The zero-order valence-electron chi connectivity index (χ0n) is 12.7. The molecule has 1 amide bonds. The molecule has 1 aromatic rings. The minimum Gasteiger partial charge on any atom is -0.495 e. The van der Waals surface area contributed by atoms with Crippen LogP contribution in [0.15, 0.2) is 24.3 Å². The van der Waals surface area contributed by atoms with Gasteiger partial charge in [0.15, 0.2) is 0 Å². The van der Waals surface area contributed by atoms with E-state index < -0.39 is 11.4 Å². The van der Waals surface area contributed by atoms with Gasteiger partial charge in [0, 0.05) is 32.7 Å². The van der Waals surface area contributed by atoms with Crippen molar-refractivity contribution in [3.05, 3.63) is 24.3 Å². The van der Waals surface area contributed by atoms with Gasteiger partial charge in [-0.05, 0) is 19.1 Å². The van der Waals surface area contributed by atoms with Crippen molar-refractivity contribution in [3.8, 4) is 5.75 Å². The molecule has 0 spiro atoms. The number of carbonyl (C=O) groups is 1. The molecule has 116 valence electrons. The van der Waals surface area contributed by atoms with Crippen molar-refractivity contribution in [2.75, 3.05) is 44.7 Å². The SMILES string of the molecule is COc1ccccc1N1CCN(CC(C)(N)C(N)=O)CC1. The van der Waals surface area contributed by atoms with E-state index in [-0.39, 0.29) is 0 Å². The van der Waals surface area contributed by atoms with Crippen LogP contribution < -0.4 is 21.1 Å². The number of amides is 1. The topological polar surface area (TPSA) is 84.8 Å². The van der Waals surface area contributed by atoms with Crippen molar-refractivity contribution < 1.29 is 9.53 Å². The molecule has 6 heteroatoms. The third kappa shape index (κ3) is 3.65. The van der Waals surface area contributed by atoms with Crippen LogP contribution in [0.4, 0.5) is 5.69 Å². The summed E-state index contributed by atoms with van der Waals surface area (Å²) < 4.78 is 5.40. The van der Waals surface area contributed by atoms with Gasteiger partial charge in [-0.15, -0.1) is 0 Å². The van der Waals surface area contributed by atoms with E-state index in [4.69, 9.17) is 16.2 Å². The third-order valence-electron chi connectivity index (χ3n) is 3.91. The van der Waals surface area contributed by atoms with Crippen molar-refractivity contribution >= 4 is 11.6 Å². The van der Waals surface area contributed by atoms with Crippen LogP contribution in [0.1, 0.15) is 6.92 Å². The van der Waals surface area contributed by atoms with Crippen molar-refractivity contribution in [2.24, 2.45) is 11.5 Å². The van der Waals surface area contributed by atoms with Gasteiger partial charge in [-0.1, -0.05) is 12.1 Å². The zero-order chi connectivity index (χ0) is 15.5. The Bertz CT molecular complexity index is 496. The van der Waals surface area contributed by atoms with E-state index in [1.54, 1.807) is 14.0 Å². The van der Waals surface area contributed by atoms with Crippen LogP contribution >= 0.6 is 0 Å². The number of nitrogens with two attached hydrogens (primary N) is 2. The number of hydrogen-bond acceptors (Lipinski definition) is 5. The largest absolute Gasteiger partial charge is 0.495 e. The maximum atomic E-state index is 11.3. The van der Waals surface area contributed by atoms with E-state index >= 15 is 0 Å². The number of carbonyl (C=O) groups excluding carboxylic acids is 1. The average molecular weight is 292 g/mol. The van der Waals surface area contributed by atoms with Crippen LogP contribution in [0.3, 0.4) is 0 Å². The van der Waals surface area contributed by atoms with Gasteiger partial charge in [0.05, 0.1) is 12.8 Å². The molecular weight excluding hydrogens is 268 g/mol. The molecule has 2 rings (SSSR count). The minimum absolute atomic E-state index is 0.463. The number of piperazine rings is 1.